The van der Waals surface area contributed by atoms with Crippen molar-refractivity contribution in [3.8, 4) is 0 Å². The van der Waals surface area contributed by atoms with Gasteiger partial charge in [-0.2, -0.15) is 0 Å². The first-order chi connectivity index (χ1) is 15.3. The summed E-state index contributed by atoms with van der Waals surface area (Å²) in [7, 11) is 0. The minimum absolute atomic E-state index is 0.414. The fourth-order valence-electron chi connectivity index (χ4n) is 5.89. The van der Waals surface area contributed by atoms with Crippen LogP contribution >= 0.6 is 0 Å². The summed E-state index contributed by atoms with van der Waals surface area (Å²) in [6, 6.07) is 14.2. The highest BCUT2D eigenvalue weighted by Crippen LogP contribution is 2.35. The molecule has 1 aliphatic heterocycles. The molecule has 2 aliphatic carbocycles. The largest absolute Gasteiger partial charge is 0.327 e. The van der Waals surface area contributed by atoms with E-state index in [-0.39, 0.29) is 0 Å². The van der Waals surface area contributed by atoms with Gasteiger partial charge in [0, 0.05) is 38.4 Å². The second kappa shape index (κ2) is 9.64. The van der Waals surface area contributed by atoms with Crippen LogP contribution in [-0.4, -0.2) is 35.6 Å². The van der Waals surface area contributed by atoms with E-state index < -0.39 is 0 Å². The molecule has 164 valence electrons. The van der Waals surface area contributed by atoms with Crippen molar-refractivity contribution in [2.75, 3.05) is 19.6 Å². The molecular weight excluding hydrogens is 380 g/mol. The molecule has 2 heterocycles. The Morgan fingerprint density at radius 3 is 2.61 bits per heavy atom. The number of nitrogens with zero attached hydrogens (tertiary/aromatic N) is 2. The summed E-state index contributed by atoms with van der Waals surface area (Å²) in [5, 5.41) is 3.83. The van der Waals surface area contributed by atoms with Gasteiger partial charge < -0.3 is 11.1 Å². The summed E-state index contributed by atoms with van der Waals surface area (Å²) in [6.45, 7) is 3.81. The number of aromatic nitrogens is 1. The summed E-state index contributed by atoms with van der Waals surface area (Å²) < 4.78 is 0. The predicted octanol–water partition coefficient (Wildman–Crippen LogP) is 4.30. The van der Waals surface area contributed by atoms with Crippen molar-refractivity contribution in [1.82, 2.24) is 15.2 Å². The molecular formula is C27H36N4. The quantitative estimate of drug-likeness (QED) is 0.689. The second-order valence-electron chi connectivity index (χ2n) is 9.55. The fourth-order valence-corrected chi connectivity index (χ4v) is 5.89. The van der Waals surface area contributed by atoms with E-state index in [9.17, 15) is 0 Å². The fraction of sp³-hybridized carbons (Fsp3) is 0.519. The van der Waals surface area contributed by atoms with E-state index in [1.54, 1.807) is 5.57 Å². The maximum atomic E-state index is 6.16. The Balaban J connectivity index is 1.42. The average molecular weight is 417 g/mol. The molecule has 3 N–H and O–H groups in total. The molecule has 0 unspecified atom stereocenters. The van der Waals surface area contributed by atoms with Crippen molar-refractivity contribution in [1.29, 1.82) is 0 Å². The van der Waals surface area contributed by atoms with Gasteiger partial charge >= 0.3 is 0 Å². The molecule has 1 aromatic heterocycles. The number of pyridine rings is 1. The zero-order valence-electron chi connectivity index (χ0n) is 18.7. The lowest BCUT2D eigenvalue weighted by atomic mass is 9.87. The molecule has 0 amide bonds. The molecule has 2 atom stereocenters. The van der Waals surface area contributed by atoms with Gasteiger partial charge in [0.25, 0.3) is 0 Å². The SMILES string of the molecule is NCC1=C(CN(C[C@H]2Cc3ccccc3CN2)[C@H]2CCCc3cccnc32)CCCC1. The molecule has 0 saturated carbocycles. The van der Waals surface area contributed by atoms with Crippen molar-refractivity contribution in [3.05, 3.63) is 76.1 Å². The van der Waals surface area contributed by atoms with Crippen molar-refractivity contribution >= 4 is 0 Å². The Morgan fingerprint density at radius 2 is 1.74 bits per heavy atom. The average Bonchev–Trinajstić information content (AvgIpc) is 2.83. The number of fused-ring (bicyclic) bond motifs is 2. The first kappa shape index (κ1) is 20.9. The van der Waals surface area contributed by atoms with Crippen molar-refractivity contribution in [2.45, 2.75) is 70.0 Å². The molecule has 4 heteroatoms. The summed E-state index contributed by atoms with van der Waals surface area (Å²) in [4.78, 5) is 7.62. The molecule has 3 aliphatic rings. The van der Waals surface area contributed by atoms with Crippen LogP contribution in [0.1, 0.15) is 67.0 Å². The van der Waals surface area contributed by atoms with Gasteiger partial charge in [0.05, 0.1) is 11.7 Å². The Kier molecular flexibility index (Phi) is 6.49. The Labute approximate surface area is 186 Å². The lowest BCUT2D eigenvalue weighted by Crippen LogP contribution is -2.47. The second-order valence-corrected chi connectivity index (χ2v) is 9.55. The van der Waals surface area contributed by atoms with Crippen LogP contribution < -0.4 is 11.1 Å². The molecule has 0 saturated heterocycles. The smallest absolute Gasteiger partial charge is 0.0607 e. The zero-order valence-corrected chi connectivity index (χ0v) is 18.7. The number of rotatable bonds is 6. The van der Waals surface area contributed by atoms with Crippen LogP contribution in [-0.2, 0) is 19.4 Å². The molecule has 0 radical (unpaired) electrons. The molecule has 31 heavy (non-hydrogen) atoms. The van der Waals surface area contributed by atoms with Gasteiger partial charge in [-0.25, -0.2) is 0 Å². The van der Waals surface area contributed by atoms with Crippen molar-refractivity contribution in [2.24, 2.45) is 5.73 Å². The number of aryl methyl sites for hydroxylation is 1. The maximum absolute atomic E-state index is 6.16. The normalized spacial score (nSPS) is 23.5. The van der Waals surface area contributed by atoms with Gasteiger partial charge in [-0.05, 0) is 74.1 Å². The predicted molar refractivity (Wildman–Crippen MR) is 127 cm³/mol. The number of nitrogens with one attached hydrogen (secondary N) is 1. The van der Waals surface area contributed by atoms with E-state index in [2.05, 4.69) is 46.6 Å². The van der Waals surface area contributed by atoms with Gasteiger partial charge in [-0.15, -0.1) is 0 Å². The van der Waals surface area contributed by atoms with E-state index in [0.29, 0.717) is 12.1 Å². The van der Waals surface area contributed by atoms with Gasteiger partial charge in [-0.3, -0.25) is 9.88 Å². The van der Waals surface area contributed by atoms with Gasteiger partial charge in [0.15, 0.2) is 0 Å². The van der Waals surface area contributed by atoms with Crippen molar-refractivity contribution < 1.29 is 0 Å². The highest BCUT2D eigenvalue weighted by Gasteiger charge is 2.31. The topological polar surface area (TPSA) is 54.2 Å². The lowest BCUT2D eigenvalue weighted by molar-refractivity contribution is 0.164. The van der Waals surface area contributed by atoms with Crippen LogP contribution in [0.25, 0.3) is 0 Å². The zero-order chi connectivity index (χ0) is 21.0. The van der Waals surface area contributed by atoms with E-state index in [4.69, 9.17) is 10.7 Å². The Bertz CT molecular complexity index is 934. The van der Waals surface area contributed by atoms with Crippen LogP contribution in [0.15, 0.2) is 53.7 Å². The summed E-state index contributed by atoms with van der Waals surface area (Å²) in [5.41, 5.74) is 15.0. The number of hydrogen-bond donors (Lipinski definition) is 2. The third-order valence-electron chi connectivity index (χ3n) is 7.57. The molecule has 0 bridgehead atoms. The first-order valence-electron chi connectivity index (χ1n) is 12.2. The standard InChI is InChI=1S/C27H36N4/c28-16-22-8-2-4-10-24(22)18-31(26-13-5-11-20-12-6-14-29-27(20)26)19-25-15-21-7-1-3-9-23(21)17-30-25/h1,3,6-7,9,12,14,25-26,30H,2,4-5,8,10-11,13,15-19,28H2/t25-,26+/m1/s1. The molecule has 4 nitrogen and oxygen atoms in total. The van der Waals surface area contributed by atoms with Crippen LogP contribution in [0, 0.1) is 0 Å². The van der Waals surface area contributed by atoms with E-state index in [0.717, 1.165) is 32.6 Å². The third-order valence-corrected chi connectivity index (χ3v) is 7.57. The highest BCUT2D eigenvalue weighted by molar-refractivity contribution is 5.31. The maximum Gasteiger partial charge on any atom is 0.0607 e. The van der Waals surface area contributed by atoms with Crippen LogP contribution in [0.4, 0.5) is 0 Å². The number of hydrogen-bond acceptors (Lipinski definition) is 4. The van der Waals surface area contributed by atoms with Gasteiger partial charge in [0.1, 0.15) is 0 Å². The van der Waals surface area contributed by atoms with Crippen molar-refractivity contribution in [3.63, 3.8) is 0 Å². The minimum atomic E-state index is 0.414. The monoisotopic (exact) mass is 416 g/mol. The van der Waals surface area contributed by atoms with Crippen LogP contribution in [0.3, 0.4) is 0 Å². The first-order valence-corrected chi connectivity index (χ1v) is 12.2. The summed E-state index contributed by atoms with van der Waals surface area (Å²) >= 11 is 0. The van der Waals surface area contributed by atoms with Gasteiger partial charge in [0.2, 0.25) is 0 Å². The lowest BCUT2D eigenvalue weighted by Gasteiger charge is -2.39. The van der Waals surface area contributed by atoms with Crippen LogP contribution in [0.5, 0.6) is 0 Å². The molecule has 0 fully saturated rings. The Morgan fingerprint density at radius 1 is 0.935 bits per heavy atom. The number of nitrogens with two attached hydrogens (primary N) is 1. The molecule has 0 spiro atoms. The van der Waals surface area contributed by atoms with E-state index >= 15 is 0 Å². The van der Waals surface area contributed by atoms with Crippen LogP contribution in [0.2, 0.25) is 0 Å². The summed E-state index contributed by atoms with van der Waals surface area (Å²) in [5.74, 6) is 0. The minimum Gasteiger partial charge on any atom is -0.327 e. The Hall–Kier alpha value is -2.01. The van der Waals surface area contributed by atoms with E-state index in [1.807, 2.05) is 6.20 Å². The molecule has 5 rings (SSSR count). The molecule has 2 aromatic rings. The number of benzene rings is 1. The van der Waals surface area contributed by atoms with Gasteiger partial charge in [-0.1, -0.05) is 41.5 Å². The molecule has 1 aromatic carbocycles. The summed E-state index contributed by atoms with van der Waals surface area (Å²) in [6.07, 6.45) is 11.7. The highest BCUT2D eigenvalue weighted by atomic mass is 15.2. The van der Waals surface area contributed by atoms with E-state index in [1.165, 1.54) is 72.9 Å². The third kappa shape index (κ3) is 4.62.